The summed E-state index contributed by atoms with van der Waals surface area (Å²) in [5, 5.41) is 3.45. The van der Waals surface area contributed by atoms with Crippen LogP contribution >= 0.6 is 0 Å². The van der Waals surface area contributed by atoms with Gasteiger partial charge < -0.3 is 10.1 Å². The molecule has 78 valence electrons. The van der Waals surface area contributed by atoms with Crippen LogP contribution < -0.4 is 5.32 Å². The van der Waals surface area contributed by atoms with E-state index in [-0.39, 0.29) is 0 Å². The molecule has 2 heteroatoms. The predicted molar refractivity (Wildman–Crippen MR) is 55.9 cm³/mol. The van der Waals surface area contributed by atoms with E-state index in [1.54, 1.807) is 0 Å². The Morgan fingerprint density at radius 3 is 2.69 bits per heavy atom. The van der Waals surface area contributed by atoms with Gasteiger partial charge in [-0.2, -0.15) is 0 Å². The minimum absolute atomic E-state index is 0.474. The molecule has 1 aliphatic rings. The summed E-state index contributed by atoms with van der Waals surface area (Å²) in [7, 11) is 0. The Kier molecular flexibility index (Phi) is 4.74. The highest BCUT2D eigenvalue weighted by Crippen LogP contribution is 2.18. The highest BCUT2D eigenvalue weighted by atomic mass is 16.5. The first-order valence-corrected chi connectivity index (χ1v) is 5.54. The zero-order chi connectivity index (χ0) is 9.68. The third-order valence-corrected chi connectivity index (χ3v) is 2.59. The Balaban J connectivity index is 1.94. The lowest BCUT2D eigenvalue weighted by Gasteiger charge is -2.12. The van der Waals surface area contributed by atoms with Crippen molar-refractivity contribution >= 4 is 0 Å². The number of nitrogens with one attached hydrogen (secondary N) is 1. The van der Waals surface area contributed by atoms with Gasteiger partial charge in [0.1, 0.15) is 0 Å². The summed E-state index contributed by atoms with van der Waals surface area (Å²) in [6.07, 6.45) is 4.69. The summed E-state index contributed by atoms with van der Waals surface area (Å²) >= 11 is 0. The van der Waals surface area contributed by atoms with Crippen LogP contribution in [0.1, 0.15) is 40.0 Å². The van der Waals surface area contributed by atoms with Crippen molar-refractivity contribution in [2.45, 2.75) is 52.2 Å². The van der Waals surface area contributed by atoms with Gasteiger partial charge in [-0.3, -0.25) is 0 Å². The third-order valence-electron chi connectivity index (χ3n) is 2.59. The van der Waals surface area contributed by atoms with E-state index in [0.717, 1.165) is 19.0 Å². The lowest BCUT2D eigenvalue weighted by atomic mass is 10.1. The number of hydrogen-bond donors (Lipinski definition) is 1. The molecule has 0 amide bonds. The molecule has 2 unspecified atom stereocenters. The van der Waals surface area contributed by atoms with Crippen LogP contribution in [-0.4, -0.2) is 25.3 Å². The Labute approximate surface area is 82.0 Å². The van der Waals surface area contributed by atoms with E-state index < -0.39 is 0 Å². The first kappa shape index (κ1) is 11.0. The average Bonchev–Trinajstić information content (AvgIpc) is 2.45. The Hall–Kier alpha value is -0.0800. The number of hydrogen-bond acceptors (Lipinski definition) is 2. The van der Waals surface area contributed by atoms with Gasteiger partial charge >= 0.3 is 0 Å². The summed E-state index contributed by atoms with van der Waals surface area (Å²) in [5.41, 5.74) is 0. The smallest absolute Gasteiger partial charge is 0.0704 e. The molecule has 0 aromatic carbocycles. The summed E-state index contributed by atoms with van der Waals surface area (Å²) in [6.45, 7) is 8.85. The van der Waals surface area contributed by atoms with Crippen molar-refractivity contribution in [3.63, 3.8) is 0 Å². The molecular formula is C11H23NO. The molecular weight excluding hydrogens is 162 g/mol. The van der Waals surface area contributed by atoms with Crippen molar-refractivity contribution in [1.29, 1.82) is 0 Å². The highest BCUT2D eigenvalue weighted by Gasteiger charge is 2.20. The fourth-order valence-corrected chi connectivity index (χ4v) is 1.69. The van der Waals surface area contributed by atoms with Crippen LogP contribution in [0.25, 0.3) is 0 Å². The molecule has 0 spiro atoms. The monoisotopic (exact) mass is 185 g/mol. The molecule has 0 aliphatic carbocycles. The maximum absolute atomic E-state index is 5.71. The van der Waals surface area contributed by atoms with Crippen molar-refractivity contribution in [2.75, 3.05) is 13.1 Å². The van der Waals surface area contributed by atoms with Gasteiger partial charge in [-0.05, 0) is 38.6 Å². The standard InChI is InChI=1S/C11H23NO/c1-9(2)6-7-12-8-11-5-4-10(3)13-11/h9-12H,4-8H2,1-3H3. The Morgan fingerprint density at radius 1 is 1.38 bits per heavy atom. The molecule has 0 saturated carbocycles. The van der Waals surface area contributed by atoms with E-state index in [9.17, 15) is 0 Å². The second-order valence-corrected chi connectivity index (χ2v) is 4.53. The first-order valence-electron chi connectivity index (χ1n) is 5.54. The molecule has 1 heterocycles. The maximum Gasteiger partial charge on any atom is 0.0704 e. The third kappa shape index (κ3) is 4.63. The highest BCUT2D eigenvalue weighted by molar-refractivity contribution is 4.72. The van der Waals surface area contributed by atoms with Gasteiger partial charge in [0, 0.05) is 6.54 Å². The molecule has 1 saturated heterocycles. The van der Waals surface area contributed by atoms with Gasteiger partial charge in [0.25, 0.3) is 0 Å². The van der Waals surface area contributed by atoms with E-state index in [1.807, 2.05) is 0 Å². The van der Waals surface area contributed by atoms with Crippen molar-refractivity contribution in [3.05, 3.63) is 0 Å². The molecule has 0 radical (unpaired) electrons. The molecule has 13 heavy (non-hydrogen) atoms. The normalized spacial score (nSPS) is 28.6. The van der Waals surface area contributed by atoms with Gasteiger partial charge in [0.15, 0.2) is 0 Å². The van der Waals surface area contributed by atoms with Crippen molar-refractivity contribution in [3.8, 4) is 0 Å². The van der Waals surface area contributed by atoms with Crippen LogP contribution in [0.5, 0.6) is 0 Å². The zero-order valence-electron chi connectivity index (χ0n) is 9.18. The molecule has 1 aliphatic heterocycles. The van der Waals surface area contributed by atoms with Crippen LogP contribution in [0.2, 0.25) is 0 Å². The van der Waals surface area contributed by atoms with E-state index in [1.165, 1.54) is 19.3 Å². The van der Waals surface area contributed by atoms with Gasteiger partial charge in [-0.15, -0.1) is 0 Å². The summed E-state index contributed by atoms with van der Waals surface area (Å²) in [4.78, 5) is 0. The second kappa shape index (κ2) is 5.61. The Bertz CT molecular complexity index is 136. The van der Waals surface area contributed by atoms with Gasteiger partial charge in [-0.25, -0.2) is 0 Å². The van der Waals surface area contributed by atoms with Crippen LogP contribution in [0.3, 0.4) is 0 Å². The Morgan fingerprint density at radius 2 is 2.15 bits per heavy atom. The van der Waals surface area contributed by atoms with Crippen molar-refractivity contribution < 1.29 is 4.74 Å². The molecule has 2 atom stereocenters. The maximum atomic E-state index is 5.71. The van der Waals surface area contributed by atoms with Crippen LogP contribution in [0, 0.1) is 5.92 Å². The fourth-order valence-electron chi connectivity index (χ4n) is 1.69. The average molecular weight is 185 g/mol. The molecule has 1 rings (SSSR count). The SMILES string of the molecule is CC(C)CCNCC1CCC(C)O1. The van der Waals surface area contributed by atoms with Gasteiger partial charge in [-0.1, -0.05) is 13.8 Å². The van der Waals surface area contributed by atoms with Gasteiger partial charge in [0.2, 0.25) is 0 Å². The van der Waals surface area contributed by atoms with Crippen LogP contribution in [0.15, 0.2) is 0 Å². The summed E-state index contributed by atoms with van der Waals surface area (Å²) < 4.78 is 5.71. The van der Waals surface area contributed by atoms with E-state index in [4.69, 9.17) is 4.74 Å². The van der Waals surface area contributed by atoms with E-state index in [0.29, 0.717) is 12.2 Å². The van der Waals surface area contributed by atoms with E-state index in [2.05, 4.69) is 26.1 Å². The van der Waals surface area contributed by atoms with Crippen LogP contribution in [0.4, 0.5) is 0 Å². The molecule has 0 bridgehead atoms. The second-order valence-electron chi connectivity index (χ2n) is 4.53. The minimum Gasteiger partial charge on any atom is -0.374 e. The molecule has 1 N–H and O–H groups in total. The fraction of sp³-hybridized carbons (Fsp3) is 1.00. The summed E-state index contributed by atoms with van der Waals surface area (Å²) in [6, 6.07) is 0. The quantitative estimate of drug-likeness (QED) is 0.663. The largest absolute Gasteiger partial charge is 0.374 e. The first-order chi connectivity index (χ1) is 6.18. The number of rotatable bonds is 5. The molecule has 0 aromatic heterocycles. The molecule has 1 fully saturated rings. The predicted octanol–water partition coefficient (Wildman–Crippen LogP) is 2.19. The lowest BCUT2D eigenvalue weighted by Crippen LogP contribution is -2.28. The number of ether oxygens (including phenoxy) is 1. The molecule has 0 aromatic rings. The van der Waals surface area contributed by atoms with Crippen molar-refractivity contribution in [1.82, 2.24) is 5.32 Å². The van der Waals surface area contributed by atoms with Crippen molar-refractivity contribution in [2.24, 2.45) is 5.92 Å². The zero-order valence-corrected chi connectivity index (χ0v) is 9.18. The minimum atomic E-state index is 0.474. The van der Waals surface area contributed by atoms with Gasteiger partial charge in [0.05, 0.1) is 12.2 Å². The lowest BCUT2D eigenvalue weighted by molar-refractivity contribution is 0.0560. The topological polar surface area (TPSA) is 21.3 Å². The van der Waals surface area contributed by atoms with Crippen LogP contribution in [-0.2, 0) is 4.74 Å². The van der Waals surface area contributed by atoms with E-state index >= 15 is 0 Å². The summed E-state index contributed by atoms with van der Waals surface area (Å²) in [5.74, 6) is 0.802. The molecule has 2 nitrogen and oxygen atoms in total.